The molecule has 0 fully saturated rings. The third-order valence-corrected chi connectivity index (χ3v) is 4.11. The first-order chi connectivity index (χ1) is 10.6. The predicted octanol–water partition coefficient (Wildman–Crippen LogP) is 2.24. The molecule has 2 aromatic heterocycles. The maximum absolute atomic E-state index is 12.3. The molecular weight excluding hydrogens is 276 g/mol. The van der Waals surface area contributed by atoms with E-state index in [-0.39, 0.29) is 5.56 Å². The van der Waals surface area contributed by atoms with Crippen molar-refractivity contribution in [3.8, 4) is 11.4 Å². The standard InChI is InChI=1S/C17H22N4O/c1-12(2)5-8-21-9-6-14-15(11-21)19-16(20-17(14)22)13-4-3-7-18-10-13/h3-4,7,10,12H,5-6,8-9,11H2,1-2H3,(H,19,20,22). The molecule has 0 aliphatic carbocycles. The summed E-state index contributed by atoms with van der Waals surface area (Å²) < 4.78 is 0. The van der Waals surface area contributed by atoms with Gasteiger partial charge in [-0.1, -0.05) is 13.8 Å². The van der Waals surface area contributed by atoms with Crippen molar-refractivity contribution in [2.75, 3.05) is 13.1 Å². The van der Waals surface area contributed by atoms with E-state index in [9.17, 15) is 4.79 Å². The minimum Gasteiger partial charge on any atom is -0.306 e. The topological polar surface area (TPSA) is 61.9 Å². The highest BCUT2D eigenvalue weighted by Crippen LogP contribution is 2.18. The highest BCUT2D eigenvalue weighted by Gasteiger charge is 2.21. The molecule has 5 nitrogen and oxygen atoms in total. The van der Waals surface area contributed by atoms with E-state index in [0.29, 0.717) is 11.7 Å². The Bertz CT molecular complexity index is 694. The predicted molar refractivity (Wildman–Crippen MR) is 86.5 cm³/mol. The van der Waals surface area contributed by atoms with Crippen LogP contribution in [0.15, 0.2) is 29.3 Å². The van der Waals surface area contributed by atoms with Crippen LogP contribution in [0.25, 0.3) is 11.4 Å². The van der Waals surface area contributed by atoms with Crippen LogP contribution in [0, 0.1) is 5.92 Å². The first kappa shape index (κ1) is 14.9. The highest BCUT2D eigenvalue weighted by atomic mass is 16.1. The Morgan fingerprint density at radius 1 is 1.41 bits per heavy atom. The molecule has 1 N–H and O–H groups in total. The van der Waals surface area contributed by atoms with Gasteiger partial charge in [0.15, 0.2) is 0 Å². The quantitative estimate of drug-likeness (QED) is 0.940. The lowest BCUT2D eigenvalue weighted by Crippen LogP contribution is -2.36. The molecule has 0 bridgehead atoms. The van der Waals surface area contributed by atoms with Crippen molar-refractivity contribution in [2.45, 2.75) is 33.2 Å². The summed E-state index contributed by atoms with van der Waals surface area (Å²) in [7, 11) is 0. The van der Waals surface area contributed by atoms with Crippen LogP contribution in [0.3, 0.4) is 0 Å². The SMILES string of the molecule is CC(C)CCN1CCc2c(nc(-c3cccnc3)[nH]c2=O)C1. The van der Waals surface area contributed by atoms with Crippen molar-refractivity contribution in [3.63, 3.8) is 0 Å². The molecule has 22 heavy (non-hydrogen) atoms. The van der Waals surface area contributed by atoms with Crippen LogP contribution in [0.4, 0.5) is 0 Å². The number of aromatic amines is 1. The van der Waals surface area contributed by atoms with Crippen LogP contribution in [0.2, 0.25) is 0 Å². The molecule has 116 valence electrons. The van der Waals surface area contributed by atoms with Crippen molar-refractivity contribution < 1.29 is 0 Å². The Labute approximate surface area is 130 Å². The molecule has 5 heteroatoms. The molecule has 0 amide bonds. The van der Waals surface area contributed by atoms with Crippen molar-refractivity contribution in [1.29, 1.82) is 0 Å². The zero-order valence-corrected chi connectivity index (χ0v) is 13.2. The van der Waals surface area contributed by atoms with Gasteiger partial charge >= 0.3 is 0 Å². The normalized spacial score (nSPS) is 15.0. The van der Waals surface area contributed by atoms with Crippen molar-refractivity contribution >= 4 is 0 Å². The largest absolute Gasteiger partial charge is 0.306 e. The van der Waals surface area contributed by atoms with Gasteiger partial charge in [0.05, 0.1) is 5.69 Å². The third kappa shape index (κ3) is 3.25. The molecule has 3 rings (SSSR count). The number of nitrogens with one attached hydrogen (secondary N) is 1. The van der Waals surface area contributed by atoms with E-state index in [2.05, 4.69) is 33.7 Å². The lowest BCUT2D eigenvalue weighted by Gasteiger charge is -2.28. The van der Waals surface area contributed by atoms with Gasteiger partial charge in [0.1, 0.15) is 5.82 Å². The summed E-state index contributed by atoms with van der Waals surface area (Å²) in [5, 5.41) is 0. The van der Waals surface area contributed by atoms with E-state index >= 15 is 0 Å². The summed E-state index contributed by atoms with van der Waals surface area (Å²) in [6.45, 7) is 7.24. The average molecular weight is 298 g/mol. The van der Waals surface area contributed by atoms with Crippen molar-refractivity contribution in [1.82, 2.24) is 19.9 Å². The van der Waals surface area contributed by atoms with Gasteiger partial charge in [-0.05, 0) is 37.4 Å². The number of fused-ring (bicyclic) bond motifs is 1. The van der Waals surface area contributed by atoms with Crippen LogP contribution in [0.1, 0.15) is 31.5 Å². The lowest BCUT2D eigenvalue weighted by atomic mass is 10.0. The summed E-state index contributed by atoms with van der Waals surface area (Å²) >= 11 is 0. The summed E-state index contributed by atoms with van der Waals surface area (Å²) in [6, 6.07) is 3.76. The summed E-state index contributed by atoms with van der Waals surface area (Å²) in [5.41, 5.74) is 2.60. The monoisotopic (exact) mass is 298 g/mol. The molecule has 0 radical (unpaired) electrons. The number of nitrogens with zero attached hydrogens (tertiary/aromatic N) is 3. The van der Waals surface area contributed by atoms with Crippen LogP contribution in [-0.4, -0.2) is 32.9 Å². The number of H-pyrrole nitrogens is 1. The van der Waals surface area contributed by atoms with Crippen LogP contribution in [-0.2, 0) is 13.0 Å². The van der Waals surface area contributed by atoms with E-state index in [0.717, 1.165) is 42.9 Å². The molecule has 0 unspecified atom stereocenters. The van der Waals surface area contributed by atoms with Crippen molar-refractivity contribution in [3.05, 3.63) is 46.1 Å². The van der Waals surface area contributed by atoms with Crippen LogP contribution in [0.5, 0.6) is 0 Å². The van der Waals surface area contributed by atoms with E-state index in [1.54, 1.807) is 12.4 Å². The summed E-state index contributed by atoms with van der Waals surface area (Å²) in [4.78, 5) is 26.4. The molecule has 0 saturated heterocycles. The molecular formula is C17H22N4O. The van der Waals surface area contributed by atoms with Crippen LogP contribution < -0.4 is 5.56 Å². The minimum atomic E-state index is -0.00707. The first-order valence-corrected chi connectivity index (χ1v) is 7.88. The first-order valence-electron chi connectivity index (χ1n) is 7.88. The fraction of sp³-hybridized carbons (Fsp3) is 0.471. The van der Waals surface area contributed by atoms with E-state index in [1.165, 1.54) is 6.42 Å². The second-order valence-electron chi connectivity index (χ2n) is 6.29. The zero-order valence-electron chi connectivity index (χ0n) is 13.2. The Balaban J connectivity index is 1.86. The Kier molecular flexibility index (Phi) is 4.34. The van der Waals surface area contributed by atoms with Gasteiger partial charge in [-0.15, -0.1) is 0 Å². The van der Waals surface area contributed by atoms with Gasteiger partial charge in [-0.3, -0.25) is 14.7 Å². The number of aromatic nitrogens is 3. The Morgan fingerprint density at radius 2 is 2.27 bits per heavy atom. The van der Waals surface area contributed by atoms with Gasteiger partial charge in [0.25, 0.3) is 5.56 Å². The molecule has 1 aliphatic heterocycles. The van der Waals surface area contributed by atoms with Gasteiger partial charge in [-0.25, -0.2) is 4.98 Å². The van der Waals surface area contributed by atoms with E-state index < -0.39 is 0 Å². The van der Waals surface area contributed by atoms with E-state index in [4.69, 9.17) is 0 Å². The molecule has 3 heterocycles. The van der Waals surface area contributed by atoms with Gasteiger partial charge in [0, 0.05) is 36.6 Å². The number of hydrogen-bond donors (Lipinski definition) is 1. The van der Waals surface area contributed by atoms with Gasteiger partial charge in [-0.2, -0.15) is 0 Å². The number of pyridine rings is 1. The Morgan fingerprint density at radius 3 is 3.00 bits per heavy atom. The number of rotatable bonds is 4. The fourth-order valence-electron chi connectivity index (χ4n) is 2.76. The van der Waals surface area contributed by atoms with Crippen LogP contribution >= 0.6 is 0 Å². The highest BCUT2D eigenvalue weighted by molar-refractivity contribution is 5.53. The molecule has 0 spiro atoms. The molecule has 1 aliphatic rings. The second-order valence-corrected chi connectivity index (χ2v) is 6.29. The third-order valence-electron chi connectivity index (χ3n) is 4.11. The fourth-order valence-corrected chi connectivity index (χ4v) is 2.76. The maximum Gasteiger partial charge on any atom is 0.254 e. The molecule has 0 saturated carbocycles. The maximum atomic E-state index is 12.3. The zero-order chi connectivity index (χ0) is 15.5. The average Bonchev–Trinajstić information content (AvgIpc) is 2.53. The summed E-state index contributed by atoms with van der Waals surface area (Å²) in [6.07, 6.45) is 5.40. The smallest absolute Gasteiger partial charge is 0.254 e. The molecule has 2 aromatic rings. The van der Waals surface area contributed by atoms with Crippen molar-refractivity contribution in [2.24, 2.45) is 5.92 Å². The summed E-state index contributed by atoms with van der Waals surface area (Å²) in [5.74, 6) is 1.31. The lowest BCUT2D eigenvalue weighted by molar-refractivity contribution is 0.235. The van der Waals surface area contributed by atoms with Gasteiger partial charge < -0.3 is 4.98 Å². The molecule has 0 aromatic carbocycles. The second kappa shape index (κ2) is 6.40. The van der Waals surface area contributed by atoms with E-state index in [1.807, 2.05) is 12.1 Å². The molecule has 0 atom stereocenters. The minimum absolute atomic E-state index is 0.00707. The number of hydrogen-bond acceptors (Lipinski definition) is 4. The van der Waals surface area contributed by atoms with Gasteiger partial charge in [0.2, 0.25) is 0 Å². The Hall–Kier alpha value is -2.01.